The summed E-state index contributed by atoms with van der Waals surface area (Å²) in [6.07, 6.45) is 0. The molecule has 1 aliphatic rings. The molecule has 2 aromatic heterocycles. The van der Waals surface area contributed by atoms with E-state index in [9.17, 15) is 9.59 Å². The summed E-state index contributed by atoms with van der Waals surface area (Å²) < 4.78 is 23.7. The molecule has 38 heavy (non-hydrogen) atoms. The van der Waals surface area contributed by atoms with E-state index in [4.69, 9.17) is 23.6 Å². The molecule has 3 aromatic carbocycles. The van der Waals surface area contributed by atoms with E-state index in [-0.39, 0.29) is 16.8 Å². The number of fused-ring (bicyclic) bond motifs is 3. The molecular formula is C29H24N2O6S. The number of hydrogen-bond donors (Lipinski definition) is 0. The highest BCUT2D eigenvalue weighted by Crippen LogP contribution is 2.47. The zero-order valence-corrected chi connectivity index (χ0v) is 22.3. The van der Waals surface area contributed by atoms with E-state index < -0.39 is 11.9 Å². The van der Waals surface area contributed by atoms with Crippen molar-refractivity contribution < 1.29 is 23.4 Å². The molecule has 1 aliphatic heterocycles. The Morgan fingerprint density at radius 3 is 2.34 bits per heavy atom. The molecule has 1 amide bonds. The van der Waals surface area contributed by atoms with Crippen molar-refractivity contribution in [2.45, 2.75) is 19.9 Å². The van der Waals surface area contributed by atoms with Crippen LogP contribution in [0.1, 0.15) is 38.9 Å². The van der Waals surface area contributed by atoms with Crippen LogP contribution in [0.25, 0.3) is 21.2 Å². The van der Waals surface area contributed by atoms with Gasteiger partial charge in [0.25, 0.3) is 5.91 Å². The minimum Gasteiger partial charge on any atom is -0.493 e. The van der Waals surface area contributed by atoms with Crippen LogP contribution < -0.4 is 24.5 Å². The number of methoxy groups -OCH3 is 3. The minimum atomic E-state index is -0.825. The fraction of sp³-hybridized carbons (Fsp3) is 0.207. The molecule has 0 fully saturated rings. The van der Waals surface area contributed by atoms with Crippen LogP contribution in [0.3, 0.4) is 0 Å². The second-order valence-electron chi connectivity index (χ2n) is 9.13. The summed E-state index contributed by atoms with van der Waals surface area (Å²) in [5.74, 6) is 0.786. The van der Waals surface area contributed by atoms with Crippen LogP contribution in [0.2, 0.25) is 0 Å². The average Bonchev–Trinajstić information content (AvgIpc) is 3.46. The Morgan fingerprint density at radius 2 is 1.66 bits per heavy atom. The molecule has 8 nitrogen and oxygen atoms in total. The lowest BCUT2D eigenvalue weighted by Gasteiger charge is -2.24. The molecule has 0 saturated heterocycles. The third kappa shape index (κ3) is 3.46. The van der Waals surface area contributed by atoms with E-state index in [2.05, 4.69) is 6.07 Å². The second kappa shape index (κ2) is 8.88. The first-order valence-corrected chi connectivity index (χ1v) is 12.7. The van der Waals surface area contributed by atoms with Gasteiger partial charge in [0.05, 0.1) is 48.5 Å². The molecule has 0 spiro atoms. The lowest BCUT2D eigenvalue weighted by Crippen LogP contribution is -2.29. The van der Waals surface area contributed by atoms with Gasteiger partial charge in [-0.1, -0.05) is 29.5 Å². The maximum absolute atomic E-state index is 14.0. The number of nitrogens with zero attached hydrogens (tertiary/aromatic N) is 2. The topological polar surface area (TPSA) is 91.1 Å². The summed E-state index contributed by atoms with van der Waals surface area (Å²) in [5, 5.41) is 0.862. The van der Waals surface area contributed by atoms with Crippen molar-refractivity contribution in [3.8, 4) is 17.2 Å². The largest absolute Gasteiger partial charge is 0.493 e. The Hall–Kier alpha value is -4.37. The fourth-order valence-corrected chi connectivity index (χ4v) is 6.32. The molecular weight excluding hydrogens is 504 g/mol. The number of hydrogen-bond acceptors (Lipinski definition) is 8. The molecule has 1 atom stereocenters. The summed E-state index contributed by atoms with van der Waals surface area (Å²) in [6.45, 7) is 4.02. The zero-order chi connectivity index (χ0) is 26.7. The van der Waals surface area contributed by atoms with Gasteiger partial charge in [0.2, 0.25) is 11.5 Å². The summed E-state index contributed by atoms with van der Waals surface area (Å²) in [5.41, 5.74) is 3.85. The van der Waals surface area contributed by atoms with Crippen molar-refractivity contribution in [2.24, 2.45) is 0 Å². The van der Waals surface area contributed by atoms with Gasteiger partial charge in [-0.15, -0.1) is 0 Å². The number of benzene rings is 3. The summed E-state index contributed by atoms with van der Waals surface area (Å²) in [4.78, 5) is 34.3. The van der Waals surface area contributed by atoms with Crippen LogP contribution >= 0.6 is 11.3 Å². The number of carbonyl (C=O) groups excluding carboxylic acids is 1. The number of anilines is 1. The van der Waals surface area contributed by atoms with Gasteiger partial charge in [0.1, 0.15) is 5.58 Å². The van der Waals surface area contributed by atoms with Gasteiger partial charge in [-0.3, -0.25) is 14.5 Å². The standard InChI is InChI=1S/C29H24N2O6S/c1-14-10-15(2)23-21(11-14)38-29(30-23)31-24(16-12-19(34-3)26(36-5)20(13-16)35-4)22-25(32)17-8-6-7-9-18(17)37-27(22)28(31)33/h6-13,24H,1-5H3. The Bertz CT molecular complexity index is 1800. The molecule has 9 heteroatoms. The molecule has 0 bridgehead atoms. The lowest BCUT2D eigenvalue weighted by molar-refractivity contribution is 0.0971. The van der Waals surface area contributed by atoms with Gasteiger partial charge < -0.3 is 18.6 Å². The maximum atomic E-state index is 14.0. The Balaban J connectivity index is 1.67. The number of amides is 1. The molecule has 0 saturated carbocycles. The van der Waals surface area contributed by atoms with Crippen LogP contribution in [0.15, 0.2) is 57.7 Å². The predicted octanol–water partition coefficient (Wildman–Crippen LogP) is 5.80. The third-order valence-electron chi connectivity index (χ3n) is 6.81. The normalized spacial score (nSPS) is 14.8. The van der Waals surface area contributed by atoms with Crippen LogP contribution in [0, 0.1) is 13.8 Å². The highest BCUT2D eigenvalue weighted by Gasteiger charge is 2.45. The molecule has 192 valence electrons. The molecule has 3 heterocycles. The van der Waals surface area contributed by atoms with E-state index in [1.54, 1.807) is 36.4 Å². The summed E-state index contributed by atoms with van der Waals surface area (Å²) in [6, 6.07) is 13.7. The molecule has 0 radical (unpaired) electrons. The van der Waals surface area contributed by atoms with Crippen molar-refractivity contribution in [1.82, 2.24) is 4.98 Å². The van der Waals surface area contributed by atoms with Crippen molar-refractivity contribution in [2.75, 3.05) is 26.2 Å². The van der Waals surface area contributed by atoms with E-state index in [0.29, 0.717) is 38.9 Å². The monoisotopic (exact) mass is 528 g/mol. The molecule has 0 aliphatic carbocycles. The quantitative estimate of drug-likeness (QED) is 0.285. The van der Waals surface area contributed by atoms with Gasteiger partial charge in [0, 0.05) is 0 Å². The average molecular weight is 529 g/mol. The molecule has 5 aromatic rings. The zero-order valence-electron chi connectivity index (χ0n) is 21.4. The van der Waals surface area contributed by atoms with Gasteiger partial charge in [0.15, 0.2) is 22.1 Å². The number of aryl methyl sites for hydroxylation is 2. The minimum absolute atomic E-state index is 0.000361. The number of ether oxygens (including phenoxy) is 3. The van der Waals surface area contributed by atoms with Crippen molar-refractivity contribution in [1.29, 1.82) is 0 Å². The first-order valence-electron chi connectivity index (χ1n) is 11.9. The fourth-order valence-electron chi connectivity index (χ4n) is 5.15. The molecule has 1 unspecified atom stereocenters. The smallest absolute Gasteiger partial charge is 0.297 e. The number of carbonyl (C=O) groups is 1. The van der Waals surface area contributed by atoms with E-state index in [1.807, 2.05) is 19.9 Å². The highest BCUT2D eigenvalue weighted by atomic mass is 32.1. The van der Waals surface area contributed by atoms with Crippen LogP contribution in [-0.4, -0.2) is 32.2 Å². The Kier molecular flexibility index (Phi) is 5.61. The Labute approximate surface area is 222 Å². The van der Waals surface area contributed by atoms with Crippen LogP contribution in [0.4, 0.5) is 5.13 Å². The second-order valence-corrected chi connectivity index (χ2v) is 10.1. The Morgan fingerprint density at radius 1 is 0.947 bits per heavy atom. The van der Waals surface area contributed by atoms with Gasteiger partial charge >= 0.3 is 0 Å². The molecule has 0 N–H and O–H groups in total. The van der Waals surface area contributed by atoms with E-state index in [1.165, 1.54) is 37.6 Å². The van der Waals surface area contributed by atoms with E-state index >= 15 is 0 Å². The van der Waals surface area contributed by atoms with Crippen LogP contribution in [-0.2, 0) is 0 Å². The van der Waals surface area contributed by atoms with Crippen molar-refractivity contribution >= 4 is 43.6 Å². The predicted molar refractivity (Wildman–Crippen MR) is 146 cm³/mol. The first-order chi connectivity index (χ1) is 18.4. The summed E-state index contributed by atoms with van der Waals surface area (Å²) >= 11 is 1.40. The van der Waals surface area contributed by atoms with Gasteiger partial charge in [-0.2, -0.15) is 0 Å². The molecule has 6 rings (SSSR count). The van der Waals surface area contributed by atoms with E-state index in [0.717, 1.165) is 21.3 Å². The van der Waals surface area contributed by atoms with Crippen LogP contribution in [0.5, 0.6) is 17.2 Å². The summed E-state index contributed by atoms with van der Waals surface area (Å²) in [7, 11) is 4.56. The van der Waals surface area contributed by atoms with Gasteiger partial charge in [-0.05, 0) is 60.9 Å². The number of para-hydroxylation sites is 1. The van der Waals surface area contributed by atoms with Crippen molar-refractivity contribution in [3.63, 3.8) is 0 Å². The van der Waals surface area contributed by atoms with Crippen molar-refractivity contribution in [3.05, 3.63) is 86.8 Å². The maximum Gasteiger partial charge on any atom is 0.297 e. The number of aromatic nitrogens is 1. The number of thiazole rings is 1. The highest BCUT2D eigenvalue weighted by molar-refractivity contribution is 7.22. The lowest BCUT2D eigenvalue weighted by atomic mass is 9.98. The SMILES string of the molecule is COc1cc(C2c3c(oc4ccccc4c3=O)C(=O)N2c2nc3c(C)cc(C)cc3s2)cc(OC)c1OC. The first kappa shape index (κ1) is 24.0. The number of rotatable bonds is 5. The third-order valence-corrected chi connectivity index (χ3v) is 7.81. The van der Waals surface area contributed by atoms with Gasteiger partial charge in [-0.25, -0.2) is 4.98 Å².